The number of nitrogens with zero attached hydrogens (tertiary/aromatic N) is 4. The second kappa shape index (κ2) is 16.1. The number of quaternary nitrogens is 2. The number of hydrogen-bond donors (Lipinski definition) is 4. The molecule has 0 aliphatic heterocycles. The van der Waals surface area contributed by atoms with Crippen LogP contribution in [0.4, 0.5) is 0 Å². The molecule has 0 fully saturated rings. The molecular weight excluding hydrogens is 328 g/mol. The molecule has 14 nitrogen and oxygen atoms in total. The predicted octanol–water partition coefficient (Wildman–Crippen LogP) is -2.09. The molecule has 2 rings (SSSR count). The van der Waals surface area contributed by atoms with E-state index in [2.05, 4.69) is 31.4 Å². The minimum Gasteiger partial charge on any atom is -0.357 e. The van der Waals surface area contributed by atoms with Crippen molar-refractivity contribution < 1.29 is 21.6 Å². The highest BCUT2D eigenvalue weighted by molar-refractivity contribution is 4.93. The summed E-state index contributed by atoms with van der Waals surface area (Å²) >= 11 is 0. The lowest BCUT2D eigenvalue weighted by Crippen LogP contribution is -2.51. The van der Waals surface area contributed by atoms with Crippen molar-refractivity contribution in [3.8, 4) is 0 Å². The Morgan fingerprint density at radius 1 is 0.833 bits per heavy atom. The number of nitrogens with one attached hydrogen (secondary N) is 2. The number of hydrogen-bond acceptors (Lipinski definition) is 8. The van der Waals surface area contributed by atoms with Crippen molar-refractivity contribution in [2.45, 2.75) is 12.8 Å². The van der Waals surface area contributed by atoms with E-state index in [1.54, 1.807) is 12.7 Å². The molecule has 0 amide bonds. The minimum atomic E-state index is -1.75. The maximum absolute atomic E-state index is 8.25. The van der Waals surface area contributed by atoms with E-state index in [0.717, 1.165) is 25.9 Å². The van der Waals surface area contributed by atoms with E-state index in [1.807, 2.05) is 12.4 Å². The maximum atomic E-state index is 8.25. The fourth-order valence-electron chi connectivity index (χ4n) is 1.22. The second-order valence-corrected chi connectivity index (χ2v) is 3.81. The monoisotopic (exact) mass is 348 g/mol. The fraction of sp³-hybridized carbons (Fsp3) is 0.400. The van der Waals surface area contributed by atoms with Crippen LogP contribution in [0.5, 0.6) is 0 Å². The Balaban J connectivity index is 0. The first kappa shape index (κ1) is 23.0. The number of imidazole rings is 2. The molecule has 8 N–H and O–H groups in total. The van der Waals surface area contributed by atoms with Gasteiger partial charge in [0, 0.05) is 36.6 Å². The van der Waals surface area contributed by atoms with Gasteiger partial charge < -0.3 is 52.1 Å². The number of rotatable bonds is 4. The Morgan fingerprint density at radius 3 is 1.29 bits per heavy atom. The molecule has 0 bridgehead atoms. The molecule has 0 atom stereocenters. The zero-order valence-electron chi connectivity index (χ0n) is 12.8. The largest absolute Gasteiger partial charge is 0.357 e. The van der Waals surface area contributed by atoms with Crippen LogP contribution in [0.2, 0.25) is 0 Å². The lowest BCUT2D eigenvalue weighted by atomic mass is 10.3. The maximum Gasteiger partial charge on any atom is 0.0921 e. The van der Waals surface area contributed by atoms with Crippen LogP contribution in [0.25, 0.3) is 0 Å². The van der Waals surface area contributed by atoms with E-state index >= 15 is 0 Å². The lowest BCUT2D eigenvalue weighted by Gasteiger charge is -1.84. The van der Waals surface area contributed by atoms with Gasteiger partial charge >= 0.3 is 0 Å². The van der Waals surface area contributed by atoms with Gasteiger partial charge in [-0.25, -0.2) is 9.97 Å². The zero-order chi connectivity index (χ0) is 18.8. The molecule has 0 spiro atoms. The van der Waals surface area contributed by atoms with Crippen LogP contribution >= 0.6 is 0 Å². The highest BCUT2D eigenvalue weighted by Gasteiger charge is 1.89. The van der Waals surface area contributed by atoms with Crippen LogP contribution in [0.1, 0.15) is 11.4 Å². The third kappa shape index (κ3) is 21.0. The first-order valence-corrected chi connectivity index (χ1v) is 6.49. The van der Waals surface area contributed by atoms with Crippen molar-refractivity contribution in [3.63, 3.8) is 0 Å². The first-order valence-electron chi connectivity index (χ1n) is 6.49. The number of aromatic amines is 2. The van der Waals surface area contributed by atoms with E-state index in [4.69, 9.17) is 30.6 Å². The lowest BCUT2D eigenvalue weighted by molar-refractivity contribution is -0.403. The van der Waals surface area contributed by atoms with E-state index in [1.165, 1.54) is 11.4 Å². The van der Waals surface area contributed by atoms with Crippen LogP contribution in [-0.2, 0) is 12.8 Å². The van der Waals surface area contributed by atoms with Crippen LogP contribution < -0.4 is 11.5 Å². The van der Waals surface area contributed by atoms with Crippen LogP contribution in [0.15, 0.2) is 25.0 Å². The van der Waals surface area contributed by atoms with Gasteiger partial charge in [0.2, 0.25) is 0 Å². The summed E-state index contributed by atoms with van der Waals surface area (Å²) in [6, 6.07) is 0. The highest BCUT2D eigenvalue weighted by atomic mass is 16.9. The first-order chi connectivity index (χ1) is 11.3. The summed E-state index contributed by atoms with van der Waals surface area (Å²) in [5.74, 6) is 0. The quantitative estimate of drug-likeness (QED) is 0.351. The van der Waals surface area contributed by atoms with E-state index in [-0.39, 0.29) is 0 Å². The summed E-state index contributed by atoms with van der Waals surface area (Å²) in [6.45, 7) is 1.87. The molecule has 2 aromatic rings. The smallest absolute Gasteiger partial charge is 0.0921 e. The summed E-state index contributed by atoms with van der Waals surface area (Å²) in [5, 5.41) is 29.5. The number of H-pyrrole nitrogens is 2. The average Bonchev–Trinajstić information content (AvgIpc) is 3.12. The molecule has 0 aliphatic carbocycles. The molecular formula is C10H20N8O6. The Morgan fingerprint density at radius 2 is 1.12 bits per heavy atom. The molecule has 2 heterocycles. The van der Waals surface area contributed by atoms with Crippen molar-refractivity contribution >= 4 is 0 Å². The van der Waals surface area contributed by atoms with E-state index in [0.29, 0.717) is 0 Å². The summed E-state index contributed by atoms with van der Waals surface area (Å²) in [4.78, 5) is 30.2. The SMILES string of the molecule is O=[N+]([O-])[O-].O=[N+]([O-])[O-].[NH3+]CCc1cnc[nH]1.[NH3+]CCc1cnc[nH]1. The van der Waals surface area contributed by atoms with Gasteiger partial charge in [-0.2, -0.15) is 0 Å². The van der Waals surface area contributed by atoms with Gasteiger partial charge in [0.25, 0.3) is 0 Å². The zero-order valence-corrected chi connectivity index (χ0v) is 12.8. The molecule has 14 heteroatoms. The van der Waals surface area contributed by atoms with Gasteiger partial charge in [-0.3, -0.25) is 0 Å². The Bertz CT molecular complexity index is 461. The average molecular weight is 348 g/mol. The Kier molecular flexibility index (Phi) is 15.5. The standard InChI is InChI=1S/2C5H9N3.2NO3/c2*6-2-1-5-3-7-4-8-5;2*2-1(3)4/h2*3-4H,1-2,6H2,(H,7,8);;/q;;2*-1/p+2. The molecule has 2 aromatic heterocycles. The molecule has 0 unspecified atom stereocenters. The van der Waals surface area contributed by atoms with Gasteiger partial charge in [-0.15, -0.1) is 0 Å². The van der Waals surface area contributed by atoms with Gasteiger partial charge in [0.15, 0.2) is 0 Å². The third-order valence-electron chi connectivity index (χ3n) is 2.00. The molecule has 0 radical (unpaired) electrons. The van der Waals surface area contributed by atoms with E-state index in [9.17, 15) is 0 Å². The van der Waals surface area contributed by atoms with Gasteiger partial charge in [-0.05, 0) is 0 Å². The van der Waals surface area contributed by atoms with Crippen molar-refractivity contribution in [2.24, 2.45) is 0 Å². The highest BCUT2D eigenvalue weighted by Crippen LogP contribution is 1.88. The van der Waals surface area contributed by atoms with Crippen molar-refractivity contribution in [1.82, 2.24) is 19.9 Å². The predicted molar refractivity (Wildman–Crippen MR) is 80.8 cm³/mol. The molecule has 0 aromatic carbocycles. The second-order valence-electron chi connectivity index (χ2n) is 3.81. The molecule has 0 aliphatic rings. The third-order valence-corrected chi connectivity index (χ3v) is 2.00. The van der Waals surface area contributed by atoms with Crippen LogP contribution in [0.3, 0.4) is 0 Å². The molecule has 136 valence electrons. The Labute approximate surface area is 135 Å². The summed E-state index contributed by atoms with van der Waals surface area (Å²) in [5.41, 5.74) is 9.76. The molecule has 0 saturated heterocycles. The van der Waals surface area contributed by atoms with Crippen molar-refractivity contribution in [3.05, 3.63) is 67.1 Å². The van der Waals surface area contributed by atoms with Gasteiger partial charge in [-0.1, -0.05) is 0 Å². The minimum absolute atomic E-state index is 0.933. The van der Waals surface area contributed by atoms with Gasteiger partial charge in [0.05, 0.1) is 35.9 Å². The number of aromatic nitrogens is 4. The van der Waals surface area contributed by atoms with E-state index < -0.39 is 10.2 Å². The normalized spacial score (nSPS) is 8.42. The summed E-state index contributed by atoms with van der Waals surface area (Å²) < 4.78 is 0. The van der Waals surface area contributed by atoms with Crippen LogP contribution in [-0.4, -0.2) is 43.2 Å². The summed E-state index contributed by atoms with van der Waals surface area (Å²) in [7, 11) is 0. The fourth-order valence-corrected chi connectivity index (χ4v) is 1.22. The molecule has 24 heavy (non-hydrogen) atoms. The van der Waals surface area contributed by atoms with Gasteiger partial charge in [0.1, 0.15) is 0 Å². The van der Waals surface area contributed by atoms with Crippen molar-refractivity contribution in [2.75, 3.05) is 13.1 Å². The summed E-state index contributed by atoms with van der Waals surface area (Å²) in [6.07, 6.45) is 9.02. The topological polar surface area (TPSA) is 245 Å². The Hall–Kier alpha value is -3.26. The molecule has 0 saturated carbocycles. The van der Waals surface area contributed by atoms with Crippen molar-refractivity contribution in [1.29, 1.82) is 0 Å². The van der Waals surface area contributed by atoms with Crippen LogP contribution in [0, 0.1) is 30.6 Å².